The van der Waals surface area contributed by atoms with Crippen LogP contribution in [0.15, 0.2) is 91.0 Å². The molecule has 0 N–H and O–H groups in total. The van der Waals surface area contributed by atoms with Crippen molar-refractivity contribution in [2.24, 2.45) is 0 Å². The fourth-order valence-electron chi connectivity index (χ4n) is 3.20. The van der Waals surface area contributed by atoms with E-state index >= 15 is 0 Å². The summed E-state index contributed by atoms with van der Waals surface area (Å²) in [6.07, 6.45) is 0. The van der Waals surface area contributed by atoms with Crippen LogP contribution in [-0.4, -0.2) is 23.9 Å². The van der Waals surface area contributed by atoms with Crippen LogP contribution < -0.4 is 4.90 Å². The van der Waals surface area contributed by atoms with Crippen molar-refractivity contribution in [3.63, 3.8) is 0 Å². The number of ether oxygens (including phenoxy) is 1. The molecule has 5 heteroatoms. The number of rotatable bonds is 5. The SMILES string of the molecule is CN(C(=O)c1ccccc1C(=O)OCc1ccc2ccccc2n1)c1ccccc1. The molecule has 0 atom stereocenters. The predicted molar refractivity (Wildman–Crippen MR) is 116 cm³/mol. The van der Waals surface area contributed by atoms with Gasteiger partial charge in [-0.15, -0.1) is 0 Å². The molecule has 0 fully saturated rings. The van der Waals surface area contributed by atoms with Crippen LogP contribution in [0.4, 0.5) is 5.69 Å². The topological polar surface area (TPSA) is 59.5 Å². The Kier molecular flexibility index (Phi) is 5.52. The molecule has 1 amide bonds. The van der Waals surface area contributed by atoms with Crippen molar-refractivity contribution in [1.82, 2.24) is 4.98 Å². The zero-order chi connectivity index (χ0) is 20.9. The molecule has 30 heavy (non-hydrogen) atoms. The smallest absolute Gasteiger partial charge is 0.339 e. The molecule has 0 aliphatic carbocycles. The third-order valence-corrected chi connectivity index (χ3v) is 4.83. The monoisotopic (exact) mass is 396 g/mol. The molecule has 0 saturated carbocycles. The van der Waals surface area contributed by atoms with E-state index in [0.29, 0.717) is 11.3 Å². The number of hydrogen-bond donors (Lipinski definition) is 0. The summed E-state index contributed by atoms with van der Waals surface area (Å²) in [5.74, 6) is -0.840. The Labute approximate surface area is 174 Å². The number of benzene rings is 3. The number of carbonyl (C=O) groups excluding carboxylic acids is 2. The molecule has 4 rings (SSSR count). The Morgan fingerprint density at radius 2 is 1.47 bits per heavy atom. The third-order valence-electron chi connectivity index (χ3n) is 4.83. The lowest BCUT2D eigenvalue weighted by molar-refractivity contribution is 0.0465. The number of aromatic nitrogens is 1. The molecule has 0 saturated heterocycles. The van der Waals surface area contributed by atoms with E-state index in [1.165, 1.54) is 4.90 Å². The maximum Gasteiger partial charge on any atom is 0.339 e. The van der Waals surface area contributed by atoms with Crippen molar-refractivity contribution < 1.29 is 14.3 Å². The first-order valence-corrected chi connectivity index (χ1v) is 9.57. The van der Waals surface area contributed by atoms with Gasteiger partial charge in [0.25, 0.3) is 5.91 Å². The van der Waals surface area contributed by atoms with Crippen molar-refractivity contribution in [1.29, 1.82) is 0 Å². The lowest BCUT2D eigenvalue weighted by atomic mass is 10.1. The molecule has 0 aliphatic rings. The fourth-order valence-corrected chi connectivity index (χ4v) is 3.20. The molecule has 4 aromatic rings. The van der Waals surface area contributed by atoms with Crippen LogP contribution in [0.25, 0.3) is 10.9 Å². The number of anilines is 1. The molecule has 0 spiro atoms. The third kappa shape index (κ3) is 4.05. The predicted octanol–water partition coefficient (Wildman–Crippen LogP) is 4.87. The summed E-state index contributed by atoms with van der Waals surface area (Å²) in [5, 5.41) is 1.02. The summed E-state index contributed by atoms with van der Waals surface area (Å²) >= 11 is 0. The highest BCUT2D eigenvalue weighted by atomic mass is 16.5. The summed E-state index contributed by atoms with van der Waals surface area (Å²) in [7, 11) is 1.68. The van der Waals surface area contributed by atoms with Gasteiger partial charge in [-0.05, 0) is 36.4 Å². The molecular formula is C25H20N2O3. The number of carbonyl (C=O) groups is 2. The fraction of sp³-hybridized carbons (Fsp3) is 0.0800. The van der Waals surface area contributed by atoms with Gasteiger partial charge in [0, 0.05) is 18.1 Å². The largest absolute Gasteiger partial charge is 0.456 e. The zero-order valence-electron chi connectivity index (χ0n) is 16.5. The van der Waals surface area contributed by atoms with Gasteiger partial charge in [0.05, 0.1) is 22.3 Å². The average Bonchev–Trinajstić information content (AvgIpc) is 2.82. The molecule has 1 heterocycles. The highest BCUT2D eigenvalue weighted by molar-refractivity contribution is 6.11. The van der Waals surface area contributed by atoms with E-state index in [9.17, 15) is 9.59 Å². The summed E-state index contributed by atoms with van der Waals surface area (Å²) in [6.45, 7) is 0.0285. The van der Waals surface area contributed by atoms with E-state index in [0.717, 1.165) is 16.6 Å². The standard InChI is InChI=1S/C25H20N2O3/c1-27(20-10-3-2-4-11-20)24(28)21-12-6-7-13-22(21)25(29)30-17-19-16-15-18-9-5-8-14-23(18)26-19/h2-16H,17H2,1H3. The zero-order valence-corrected chi connectivity index (χ0v) is 16.5. The molecule has 0 radical (unpaired) electrons. The van der Waals surface area contributed by atoms with Crippen LogP contribution in [-0.2, 0) is 11.3 Å². The summed E-state index contributed by atoms with van der Waals surface area (Å²) < 4.78 is 5.47. The van der Waals surface area contributed by atoms with Gasteiger partial charge in [-0.3, -0.25) is 4.79 Å². The molecular weight excluding hydrogens is 376 g/mol. The van der Waals surface area contributed by atoms with Crippen LogP contribution in [0.2, 0.25) is 0 Å². The van der Waals surface area contributed by atoms with Crippen molar-refractivity contribution in [3.05, 3.63) is 108 Å². The second-order valence-corrected chi connectivity index (χ2v) is 6.82. The lowest BCUT2D eigenvalue weighted by Crippen LogP contribution is -2.28. The molecule has 0 aliphatic heterocycles. The number of amides is 1. The van der Waals surface area contributed by atoms with Crippen LogP contribution in [0, 0.1) is 0 Å². The minimum Gasteiger partial charge on any atom is -0.456 e. The number of para-hydroxylation sites is 2. The number of esters is 1. The van der Waals surface area contributed by atoms with Gasteiger partial charge in [-0.2, -0.15) is 0 Å². The van der Waals surface area contributed by atoms with E-state index < -0.39 is 5.97 Å². The van der Waals surface area contributed by atoms with Gasteiger partial charge in [-0.25, -0.2) is 9.78 Å². The van der Waals surface area contributed by atoms with Crippen molar-refractivity contribution in [3.8, 4) is 0 Å². The van der Waals surface area contributed by atoms with Crippen LogP contribution in [0.3, 0.4) is 0 Å². The van der Waals surface area contributed by atoms with Gasteiger partial charge in [0.15, 0.2) is 0 Å². The Morgan fingerprint density at radius 1 is 0.800 bits per heavy atom. The maximum atomic E-state index is 13.0. The maximum absolute atomic E-state index is 13.0. The Balaban J connectivity index is 1.52. The first kappa shape index (κ1) is 19.3. The number of pyridine rings is 1. The molecule has 3 aromatic carbocycles. The van der Waals surface area contributed by atoms with E-state index in [-0.39, 0.29) is 18.1 Å². The van der Waals surface area contributed by atoms with Crippen molar-refractivity contribution >= 4 is 28.5 Å². The summed E-state index contributed by atoms with van der Waals surface area (Å²) in [4.78, 5) is 31.8. The summed E-state index contributed by atoms with van der Waals surface area (Å²) in [5.41, 5.74) is 2.75. The Hall–Kier alpha value is -3.99. The normalized spacial score (nSPS) is 10.6. The Morgan fingerprint density at radius 3 is 2.27 bits per heavy atom. The number of nitrogens with zero attached hydrogens (tertiary/aromatic N) is 2. The molecule has 0 bridgehead atoms. The van der Waals surface area contributed by atoms with E-state index in [4.69, 9.17) is 4.74 Å². The van der Waals surface area contributed by atoms with E-state index in [2.05, 4.69) is 4.98 Å². The van der Waals surface area contributed by atoms with Gasteiger partial charge >= 0.3 is 5.97 Å². The van der Waals surface area contributed by atoms with Crippen LogP contribution in [0.5, 0.6) is 0 Å². The number of hydrogen-bond acceptors (Lipinski definition) is 4. The van der Waals surface area contributed by atoms with Crippen molar-refractivity contribution in [2.45, 2.75) is 6.61 Å². The Bertz CT molecular complexity index is 1210. The first-order valence-electron chi connectivity index (χ1n) is 9.57. The van der Waals surface area contributed by atoms with Crippen molar-refractivity contribution in [2.75, 3.05) is 11.9 Å². The lowest BCUT2D eigenvalue weighted by Gasteiger charge is -2.18. The second kappa shape index (κ2) is 8.57. The van der Waals surface area contributed by atoms with Crippen LogP contribution >= 0.6 is 0 Å². The van der Waals surface area contributed by atoms with E-state index in [1.54, 1.807) is 31.3 Å². The van der Waals surface area contributed by atoms with Gasteiger partial charge in [-0.1, -0.05) is 54.6 Å². The van der Waals surface area contributed by atoms with Gasteiger partial charge in [0.2, 0.25) is 0 Å². The molecule has 148 valence electrons. The molecule has 5 nitrogen and oxygen atoms in total. The highest BCUT2D eigenvalue weighted by Gasteiger charge is 2.21. The average molecular weight is 396 g/mol. The minimum absolute atomic E-state index is 0.0285. The van der Waals surface area contributed by atoms with Gasteiger partial charge in [0.1, 0.15) is 6.61 Å². The number of fused-ring (bicyclic) bond motifs is 1. The van der Waals surface area contributed by atoms with E-state index in [1.807, 2.05) is 66.7 Å². The minimum atomic E-state index is -0.560. The quantitative estimate of drug-likeness (QED) is 0.452. The highest BCUT2D eigenvalue weighted by Crippen LogP contribution is 2.19. The molecule has 1 aromatic heterocycles. The first-order chi connectivity index (χ1) is 14.6. The van der Waals surface area contributed by atoms with Gasteiger partial charge < -0.3 is 9.64 Å². The van der Waals surface area contributed by atoms with Crippen LogP contribution in [0.1, 0.15) is 26.4 Å². The molecule has 0 unspecified atom stereocenters. The summed E-state index contributed by atoms with van der Waals surface area (Å²) in [6, 6.07) is 27.5. The second-order valence-electron chi connectivity index (χ2n) is 6.82.